The van der Waals surface area contributed by atoms with Gasteiger partial charge in [-0.05, 0) is 0 Å². The largest absolute Gasteiger partial charge is 0.389 e. The number of ketones is 1. The third-order valence-corrected chi connectivity index (χ3v) is 1.67. The van der Waals surface area contributed by atoms with Crippen LogP contribution >= 0.6 is 15.9 Å². The molecule has 0 saturated carbocycles. The Morgan fingerprint density at radius 3 is 2.30 bits per heavy atom. The minimum absolute atomic E-state index is 0.111. The maximum Gasteiger partial charge on any atom is 0.189 e. The molecule has 0 heterocycles. The fourth-order valence-corrected chi connectivity index (χ4v) is 0.747. The normalized spacial score (nSPS) is 16.4. The molecule has 5 heteroatoms. The Labute approximate surface area is 66.6 Å². The van der Waals surface area contributed by atoms with Gasteiger partial charge in [0.15, 0.2) is 5.78 Å². The van der Waals surface area contributed by atoms with Crippen molar-refractivity contribution in [2.75, 3.05) is 11.9 Å². The van der Waals surface area contributed by atoms with Crippen molar-refractivity contribution in [3.63, 3.8) is 0 Å². The smallest absolute Gasteiger partial charge is 0.189 e. The van der Waals surface area contributed by atoms with E-state index in [0.29, 0.717) is 0 Å². The van der Waals surface area contributed by atoms with Crippen molar-refractivity contribution in [2.45, 2.75) is 12.2 Å². The molecule has 60 valence electrons. The highest BCUT2D eigenvalue weighted by Crippen LogP contribution is 1.98. The lowest BCUT2D eigenvalue weighted by molar-refractivity contribution is -0.134. The summed E-state index contributed by atoms with van der Waals surface area (Å²) < 4.78 is 0. The van der Waals surface area contributed by atoms with E-state index in [1.807, 2.05) is 0 Å². The molecule has 0 spiro atoms. The van der Waals surface area contributed by atoms with Crippen LogP contribution in [0.15, 0.2) is 0 Å². The van der Waals surface area contributed by atoms with Crippen molar-refractivity contribution in [2.24, 2.45) is 0 Å². The van der Waals surface area contributed by atoms with Gasteiger partial charge in [0.2, 0.25) is 0 Å². The maximum atomic E-state index is 10.4. The third kappa shape index (κ3) is 2.74. The zero-order valence-electron chi connectivity index (χ0n) is 5.20. The number of hydrogen-bond donors (Lipinski definition) is 3. The van der Waals surface area contributed by atoms with E-state index in [1.54, 1.807) is 0 Å². The van der Waals surface area contributed by atoms with Gasteiger partial charge in [-0.15, -0.1) is 0 Å². The van der Waals surface area contributed by atoms with Crippen molar-refractivity contribution in [1.29, 1.82) is 0 Å². The number of hydrogen-bond acceptors (Lipinski definition) is 4. The molecule has 0 radical (unpaired) electrons. The lowest BCUT2D eigenvalue weighted by atomic mass is 10.1. The summed E-state index contributed by atoms with van der Waals surface area (Å²) in [7, 11) is 0. The van der Waals surface area contributed by atoms with E-state index in [0.717, 1.165) is 0 Å². The van der Waals surface area contributed by atoms with Crippen molar-refractivity contribution in [3.8, 4) is 0 Å². The molecular formula is C5H9BrO4. The summed E-state index contributed by atoms with van der Waals surface area (Å²) in [5, 5.41) is 25.9. The van der Waals surface area contributed by atoms with Crippen LogP contribution in [0.1, 0.15) is 0 Å². The Kier molecular flexibility index (Phi) is 4.80. The van der Waals surface area contributed by atoms with Crippen LogP contribution in [0.3, 0.4) is 0 Å². The maximum absolute atomic E-state index is 10.4. The predicted octanol–water partition coefficient (Wildman–Crippen LogP) is -1.34. The number of aliphatic hydroxyl groups excluding tert-OH is 3. The van der Waals surface area contributed by atoms with Crippen LogP contribution in [-0.4, -0.2) is 45.2 Å². The summed E-state index contributed by atoms with van der Waals surface area (Å²) in [4.78, 5) is 10.4. The van der Waals surface area contributed by atoms with E-state index in [1.165, 1.54) is 0 Å². The first kappa shape index (κ1) is 10.0. The lowest BCUT2D eigenvalue weighted by Gasteiger charge is -2.11. The molecule has 4 nitrogen and oxygen atoms in total. The van der Waals surface area contributed by atoms with E-state index in [2.05, 4.69) is 15.9 Å². The molecule has 3 N–H and O–H groups in total. The van der Waals surface area contributed by atoms with Gasteiger partial charge in [-0.3, -0.25) is 4.79 Å². The zero-order chi connectivity index (χ0) is 8.15. The molecule has 0 aliphatic rings. The van der Waals surface area contributed by atoms with E-state index in [4.69, 9.17) is 15.3 Å². The van der Waals surface area contributed by atoms with Crippen LogP contribution in [0.2, 0.25) is 0 Å². The average Bonchev–Trinajstić information content (AvgIpc) is 2.00. The van der Waals surface area contributed by atoms with Crippen LogP contribution in [0, 0.1) is 0 Å². The highest BCUT2D eigenvalue weighted by Gasteiger charge is 2.21. The van der Waals surface area contributed by atoms with Crippen molar-refractivity contribution in [1.82, 2.24) is 0 Å². The number of Topliss-reactive ketones (excluding diaryl/α,β-unsaturated/α-hetero) is 1. The fraction of sp³-hybridized carbons (Fsp3) is 0.800. The summed E-state index contributed by atoms with van der Waals surface area (Å²) in [5.41, 5.74) is 0. The summed E-state index contributed by atoms with van der Waals surface area (Å²) in [6.45, 7) is -0.745. The molecule has 0 aromatic carbocycles. The monoisotopic (exact) mass is 212 g/mol. The van der Waals surface area contributed by atoms with Crippen molar-refractivity contribution < 1.29 is 20.1 Å². The van der Waals surface area contributed by atoms with Gasteiger partial charge in [0.1, 0.15) is 12.7 Å². The fourth-order valence-electron chi connectivity index (χ4n) is 0.392. The predicted molar refractivity (Wildman–Crippen MR) is 37.9 cm³/mol. The second-order valence-electron chi connectivity index (χ2n) is 1.79. The van der Waals surface area contributed by atoms with Gasteiger partial charge in [0, 0.05) is 5.33 Å². The lowest BCUT2D eigenvalue weighted by Crippen LogP contribution is -2.36. The Bertz CT molecular complexity index is 116. The first-order valence-electron chi connectivity index (χ1n) is 2.69. The average molecular weight is 213 g/mol. The Morgan fingerprint density at radius 1 is 1.50 bits per heavy atom. The van der Waals surface area contributed by atoms with Crippen LogP contribution in [0.5, 0.6) is 0 Å². The molecule has 0 saturated heterocycles. The number of halogens is 1. The number of aliphatic hydroxyl groups is 3. The van der Waals surface area contributed by atoms with Gasteiger partial charge >= 0.3 is 0 Å². The zero-order valence-corrected chi connectivity index (χ0v) is 6.78. The molecule has 0 aromatic rings. The van der Waals surface area contributed by atoms with E-state index >= 15 is 0 Å². The van der Waals surface area contributed by atoms with Gasteiger partial charge in [-0.25, -0.2) is 0 Å². The Morgan fingerprint density at radius 2 is 2.00 bits per heavy atom. The molecule has 0 aromatic heterocycles. The van der Waals surface area contributed by atoms with Crippen molar-refractivity contribution in [3.05, 3.63) is 0 Å². The minimum Gasteiger partial charge on any atom is -0.389 e. The minimum atomic E-state index is -1.48. The summed E-state index contributed by atoms with van der Waals surface area (Å²) >= 11 is 2.87. The first-order valence-corrected chi connectivity index (χ1v) is 3.81. The highest BCUT2D eigenvalue weighted by molar-refractivity contribution is 9.09. The molecule has 0 aliphatic heterocycles. The molecule has 0 amide bonds. The molecular weight excluding hydrogens is 204 g/mol. The molecule has 0 fully saturated rings. The quantitative estimate of drug-likeness (QED) is 0.505. The summed E-state index contributed by atoms with van der Waals surface area (Å²) in [6, 6.07) is 0. The molecule has 0 aliphatic carbocycles. The molecule has 0 unspecified atom stereocenters. The van der Waals surface area contributed by atoms with Gasteiger partial charge in [0.25, 0.3) is 0 Å². The molecule has 0 rings (SSSR count). The topological polar surface area (TPSA) is 77.8 Å². The highest BCUT2D eigenvalue weighted by atomic mass is 79.9. The van der Waals surface area contributed by atoms with Crippen molar-refractivity contribution >= 4 is 21.7 Å². The molecule has 0 bridgehead atoms. The molecule has 2 atom stereocenters. The standard InChI is InChI=1S/C5H9BrO4/c6-1-3(8)5(10)4(9)2-7/h3,5,7-8,10H,1-2H2/t3-,5-/m0/s1. The third-order valence-electron chi connectivity index (χ3n) is 1.01. The molecule has 10 heavy (non-hydrogen) atoms. The number of alkyl halides is 1. The summed E-state index contributed by atoms with van der Waals surface area (Å²) in [5.74, 6) is -0.771. The van der Waals surface area contributed by atoms with Crippen LogP contribution < -0.4 is 0 Å². The van der Waals surface area contributed by atoms with E-state index in [9.17, 15) is 4.79 Å². The van der Waals surface area contributed by atoms with E-state index < -0.39 is 24.6 Å². The second kappa shape index (κ2) is 4.79. The van der Waals surface area contributed by atoms with Gasteiger partial charge in [0.05, 0.1) is 6.10 Å². The second-order valence-corrected chi connectivity index (χ2v) is 2.44. The van der Waals surface area contributed by atoms with Gasteiger partial charge in [-0.2, -0.15) is 0 Å². The SMILES string of the molecule is O=C(CO)[C@@H](O)[C@@H](O)CBr. The first-order chi connectivity index (χ1) is 4.63. The van der Waals surface area contributed by atoms with Crippen LogP contribution in [0.4, 0.5) is 0 Å². The summed E-state index contributed by atoms with van der Waals surface area (Å²) in [6.07, 6.45) is -2.62. The Hall–Kier alpha value is 0.0300. The van der Waals surface area contributed by atoms with Gasteiger partial charge < -0.3 is 15.3 Å². The number of carbonyl (C=O) groups excluding carboxylic acids is 1. The number of carbonyl (C=O) groups is 1. The van der Waals surface area contributed by atoms with Gasteiger partial charge in [-0.1, -0.05) is 15.9 Å². The number of rotatable bonds is 4. The van der Waals surface area contributed by atoms with Crippen LogP contribution in [-0.2, 0) is 4.79 Å². The van der Waals surface area contributed by atoms with Crippen LogP contribution in [0.25, 0.3) is 0 Å². The Balaban J connectivity index is 3.81. The van der Waals surface area contributed by atoms with E-state index in [-0.39, 0.29) is 5.33 Å².